The minimum Gasteiger partial charge on any atom is -0.328 e. The van der Waals surface area contributed by atoms with Crippen LogP contribution in [0.2, 0.25) is 0 Å². The summed E-state index contributed by atoms with van der Waals surface area (Å²) in [6.45, 7) is 3.33. The van der Waals surface area contributed by atoms with Crippen LogP contribution in [0.4, 0.5) is 0 Å². The van der Waals surface area contributed by atoms with Crippen molar-refractivity contribution in [1.82, 2.24) is 9.55 Å². The third-order valence-corrected chi connectivity index (χ3v) is 4.20. The van der Waals surface area contributed by atoms with Gasteiger partial charge in [0.15, 0.2) is 0 Å². The first-order valence-corrected chi connectivity index (χ1v) is 8.36. The third kappa shape index (κ3) is 3.38. The zero-order valence-electron chi connectivity index (χ0n) is 13.3. The van der Waals surface area contributed by atoms with E-state index in [4.69, 9.17) is 4.98 Å². The topological polar surface area (TPSA) is 17.8 Å². The fourth-order valence-corrected chi connectivity index (χ4v) is 2.99. The smallest absolute Gasteiger partial charge is 0.110 e. The average Bonchev–Trinajstić information content (AvgIpc) is 2.92. The number of unbranched alkanes of at least 4 members (excludes halogenated alkanes) is 2. The summed E-state index contributed by atoms with van der Waals surface area (Å²) in [4.78, 5) is 4.87. The maximum atomic E-state index is 4.87. The molecule has 1 aromatic heterocycles. The summed E-state index contributed by atoms with van der Waals surface area (Å²) in [5, 5.41) is 0. The van der Waals surface area contributed by atoms with Crippen LogP contribution in [0.15, 0.2) is 54.6 Å². The molecule has 0 saturated heterocycles. The monoisotopic (exact) mass is 292 g/mol. The number of rotatable bonds is 7. The number of nitrogens with zero attached hydrogens (tertiary/aromatic N) is 2. The number of aryl methyl sites for hydroxylation is 3. The van der Waals surface area contributed by atoms with E-state index < -0.39 is 0 Å². The molecule has 0 amide bonds. The van der Waals surface area contributed by atoms with Crippen LogP contribution in [-0.4, -0.2) is 9.55 Å². The van der Waals surface area contributed by atoms with Gasteiger partial charge in [0, 0.05) is 13.0 Å². The van der Waals surface area contributed by atoms with E-state index in [1.165, 1.54) is 36.2 Å². The molecular formula is C20H24N2. The molecule has 0 fully saturated rings. The van der Waals surface area contributed by atoms with Crippen molar-refractivity contribution in [3.05, 3.63) is 66.0 Å². The lowest BCUT2D eigenvalue weighted by Gasteiger charge is -2.09. The van der Waals surface area contributed by atoms with Gasteiger partial charge in [-0.2, -0.15) is 0 Å². The fraction of sp³-hybridized carbons (Fsp3) is 0.350. The van der Waals surface area contributed by atoms with Gasteiger partial charge in [0.05, 0.1) is 11.0 Å². The zero-order chi connectivity index (χ0) is 15.2. The summed E-state index contributed by atoms with van der Waals surface area (Å²) in [5.74, 6) is 1.22. The molecule has 114 valence electrons. The molecule has 0 saturated carbocycles. The number of hydrogen-bond acceptors (Lipinski definition) is 1. The maximum Gasteiger partial charge on any atom is 0.110 e. The number of imidazole rings is 1. The molecule has 0 radical (unpaired) electrons. The Morgan fingerprint density at radius 3 is 2.45 bits per heavy atom. The predicted octanol–water partition coefficient (Wildman–Crippen LogP) is 5.01. The van der Waals surface area contributed by atoms with Crippen LogP contribution < -0.4 is 0 Å². The van der Waals surface area contributed by atoms with E-state index in [2.05, 4.69) is 66.1 Å². The highest BCUT2D eigenvalue weighted by Crippen LogP contribution is 2.18. The lowest BCUT2D eigenvalue weighted by Crippen LogP contribution is -2.05. The second kappa shape index (κ2) is 7.26. The highest BCUT2D eigenvalue weighted by Gasteiger charge is 2.10. The van der Waals surface area contributed by atoms with Crippen molar-refractivity contribution in [1.29, 1.82) is 0 Å². The standard InChI is InChI=1S/C20H24N2/c1-2-3-9-16-22-19-13-8-7-12-18(19)21-20(22)15-14-17-10-5-4-6-11-17/h4-8,10-13H,2-3,9,14-16H2,1H3. The molecule has 0 aliphatic heterocycles. The largest absolute Gasteiger partial charge is 0.328 e. The fourth-order valence-electron chi connectivity index (χ4n) is 2.99. The first-order chi connectivity index (χ1) is 10.9. The van der Waals surface area contributed by atoms with Crippen LogP contribution in [-0.2, 0) is 19.4 Å². The number of hydrogen-bond donors (Lipinski definition) is 0. The Balaban J connectivity index is 1.82. The summed E-state index contributed by atoms with van der Waals surface area (Å²) >= 11 is 0. The molecule has 0 spiro atoms. The van der Waals surface area contributed by atoms with Crippen molar-refractivity contribution >= 4 is 11.0 Å². The van der Waals surface area contributed by atoms with E-state index in [0.29, 0.717) is 0 Å². The Bertz CT molecular complexity index is 713. The molecule has 2 aromatic carbocycles. The molecule has 2 nitrogen and oxygen atoms in total. The second-order valence-electron chi connectivity index (χ2n) is 5.86. The van der Waals surface area contributed by atoms with E-state index in [1.54, 1.807) is 0 Å². The Morgan fingerprint density at radius 2 is 1.64 bits per heavy atom. The van der Waals surface area contributed by atoms with Gasteiger partial charge in [-0.15, -0.1) is 0 Å². The number of benzene rings is 2. The third-order valence-electron chi connectivity index (χ3n) is 4.20. The summed E-state index contributed by atoms with van der Waals surface area (Å²) in [7, 11) is 0. The van der Waals surface area contributed by atoms with Crippen molar-refractivity contribution in [2.24, 2.45) is 0 Å². The molecule has 0 N–H and O–H groups in total. The summed E-state index contributed by atoms with van der Waals surface area (Å²) in [6.07, 6.45) is 5.83. The minimum absolute atomic E-state index is 1.00. The van der Waals surface area contributed by atoms with Crippen molar-refractivity contribution in [2.75, 3.05) is 0 Å². The second-order valence-corrected chi connectivity index (χ2v) is 5.86. The van der Waals surface area contributed by atoms with Crippen LogP contribution in [0.25, 0.3) is 11.0 Å². The van der Waals surface area contributed by atoms with Gasteiger partial charge in [0.25, 0.3) is 0 Å². The molecule has 0 atom stereocenters. The SMILES string of the molecule is CCCCCn1c(CCc2ccccc2)nc2ccccc21. The van der Waals surface area contributed by atoms with E-state index in [9.17, 15) is 0 Å². The zero-order valence-corrected chi connectivity index (χ0v) is 13.3. The normalized spacial score (nSPS) is 11.1. The van der Waals surface area contributed by atoms with Crippen LogP contribution in [0.1, 0.15) is 37.6 Å². The quantitative estimate of drug-likeness (QED) is 0.560. The molecule has 2 heteroatoms. The summed E-state index contributed by atoms with van der Waals surface area (Å²) in [6, 6.07) is 19.2. The number of para-hydroxylation sites is 2. The molecule has 3 rings (SSSR count). The molecule has 0 aliphatic rings. The highest BCUT2D eigenvalue weighted by molar-refractivity contribution is 5.75. The van der Waals surface area contributed by atoms with Gasteiger partial charge >= 0.3 is 0 Å². The Kier molecular flexibility index (Phi) is 4.89. The Morgan fingerprint density at radius 1 is 0.864 bits per heavy atom. The van der Waals surface area contributed by atoms with E-state index in [-0.39, 0.29) is 0 Å². The molecule has 0 bridgehead atoms. The molecule has 22 heavy (non-hydrogen) atoms. The van der Waals surface area contributed by atoms with Crippen LogP contribution in [0.3, 0.4) is 0 Å². The van der Waals surface area contributed by atoms with Crippen molar-refractivity contribution < 1.29 is 0 Å². The van der Waals surface area contributed by atoms with E-state index in [0.717, 1.165) is 24.9 Å². The molecule has 1 heterocycles. The van der Waals surface area contributed by atoms with Gasteiger partial charge in [-0.3, -0.25) is 0 Å². The maximum absolute atomic E-state index is 4.87. The Hall–Kier alpha value is -2.09. The van der Waals surface area contributed by atoms with Gasteiger partial charge in [-0.05, 0) is 30.5 Å². The van der Waals surface area contributed by atoms with Crippen LogP contribution in [0, 0.1) is 0 Å². The van der Waals surface area contributed by atoms with Crippen molar-refractivity contribution in [3.63, 3.8) is 0 Å². The van der Waals surface area contributed by atoms with Crippen molar-refractivity contribution in [3.8, 4) is 0 Å². The van der Waals surface area contributed by atoms with Gasteiger partial charge in [0.1, 0.15) is 5.82 Å². The average molecular weight is 292 g/mol. The summed E-state index contributed by atoms with van der Waals surface area (Å²) < 4.78 is 2.42. The molecule has 0 aliphatic carbocycles. The number of aromatic nitrogens is 2. The highest BCUT2D eigenvalue weighted by atomic mass is 15.1. The predicted molar refractivity (Wildman–Crippen MR) is 93.1 cm³/mol. The lowest BCUT2D eigenvalue weighted by atomic mass is 10.1. The van der Waals surface area contributed by atoms with Gasteiger partial charge in [0.2, 0.25) is 0 Å². The van der Waals surface area contributed by atoms with Gasteiger partial charge in [-0.25, -0.2) is 4.98 Å². The molecular weight excluding hydrogens is 268 g/mol. The van der Waals surface area contributed by atoms with E-state index >= 15 is 0 Å². The van der Waals surface area contributed by atoms with E-state index in [1.807, 2.05) is 0 Å². The van der Waals surface area contributed by atoms with Crippen LogP contribution in [0.5, 0.6) is 0 Å². The Labute approximate surface area is 132 Å². The van der Waals surface area contributed by atoms with Gasteiger partial charge in [-0.1, -0.05) is 62.2 Å². The summed E-state index contributed by atoms with van der Waals surface area (Å²) in [5.41, 5.74) is 3.79. The van der Waals surface area contributed by atoms with Crippen molar-refractivity contribution in [2.45, 2.75) is 45.6 Å². The number of fused-ring (bicyclic) bond motifs is 1. The first-order valence-electron chi connectivity index (χ1n) is 8.36. The lowest BCUT2D eigenvalue weighted by molar-refractivity contribution is 0.589. The van der Waals surface area contributed by atoms with Crippen LogP contribution >= 0.6 is 0 Å². The molecule has 0 unspecified atom stereocenters. The first kappa shape index (κ1) is 14.8. The molecule has 3 aromatic rings. The van der Waals surface area contributed by atoms with Gasteiger partial charge < -0.3 is 4.57 Å². The minimum atomic E-state index is 1.00.